The molecule has 6 nitrogen and oxygen atoms in total. The Morgan fingerprint density at radius 3 is 2.67 bits per heavy atom. The number of hydrogen-bond donors (Lipinski definition) is 1. The molecule has 0 aliphatic heterocycles. The highest BCUT2D eigenvalue weighted by Crippen LogP contribution is 2.23. The molecule has 138 valence electrons. The van der Waals surface area contributed by atoms with Crippen molar-refractivity contribution >= 4 is 23.9 Å². The lowest BCUT2D eigenvalue weighted by molar-refractivity contribution is -0.118. The molecule has 0 aliphatic rings. The maximum Gasteiger partial charge on any atom is 0.250 e. The molecule has 0 saturated carbocycles. The van der Waals surface area contributed by atoms with Gasteiger partial charge in [0.25, 0.3) is 5.91 Å². The molecule has 1 heterocycles. The van der Waals surface area contributed by atoms with E-state index in [2.05, 4.69) is 20.7 Å². The molecule has 1 amide bonds. The lowest BCUT2D eigenvalue weighted by Gasteiger charge is -2.06. The Hall–Kier alpha value is -3.00. The van der Waals surface area contributed by atoms with Crippen LogP contribution < -0.4 is 5.43 Å². The Labute approximate surface area is 160 Å². The second-order valence-corrected chi connectivity index (χ2v) is 6.46. The Morgan fingerprint density at radius 2 is 1.93 bits per heavy atom. The number of thioether (sulfide) groups is 1. The minimum Gasteiger partial charge on any atom is -0.302 e. The van der Waals surface area contributed by atoms with Gasteiger partial charge in [0.05, 0.1) is 12.0 Å². The van der Waals surface area contributed by atoms with E-state index < -0.39 is 5.82 Å². The molecule has 27 heavy (non-hydrogen) atoms. The van der Waals surface area contributed by atoms with Crippen molar-refractivity contribution in [2.75, 3.05) is 5.75 Å². The van der Waals surface area contributed by atoms with Crippen LogP contribution in [0.4, 0.5) is 4.39 Å². The quantitative estimate of drug-likeness (QED) is 0.386. The fourth-order valence-electron chi connectivity index (χ4n) is 2.40. The second-order valence-electron chi connectivity index (χ2n) is 5.52. The number of carbonyl (C=O) groups is 1. The number of benzene rings is 2. The van der Waals surface area contributed by atoms with Crippen LogP contribution in [-0.4, -0.2) is 32.6 Å². The first-order valence-corrected chi connectivity index (χ1v) is 9.35. The molecule has 0 atom stereocenters. The minimum absolute atomic E-state index is 0.127. The number of nitrogens with one attached hydrogen (secondary N) is 1. The fourth-order valence-corrected chi connectivity index (χ4v) is 3.19. The van der Waals surface area contributed by atoms with Crippen molar-refractivity contribution in [3.63, 3.8) is 0 Å². The van der Waals surface area contributed by atoms with Gasteiger partial charge in [0, 0.05) is 17.7 Å². The largest absolute Gasteiger partial charge is 0.302 e. The van der Waals surface area contributed by atoms with E-state index in [9.17, 15) is 9.18 Å². The molecule has 0 radical (unpaired) electrons. The van der Waals surface area contributed by atoms with E-state index >= 15 is 0 Å². The van der Waals surface area contributed by atoms with Crippen molar-refractivity contribution in [1.82, 2.24) is 20.2 Å². The minimum atomic E-state index is -0.394. The predicted molar refractivity (Wildman–Crippen MR) is 104 cm³/mol. The summed E-state index contributed by atoms with van der Waals surface area (Å²) in [6.45, 7) is 2.69. The van der Waals surface area contributed by atoms with Crippen LogP contribution in [0.15, 0.2) is 64.9 Å². The Bertz CT molecular complexity index is 942. The van der Waals surface area contributed by atoms with Crippen LogP contribution in [0.25, 0.3) is 11.4 Å². The van der Waals surface area contributed by atoms with Gasteiger partial charge in [0.1, 0.15) is 5.82 Å². The van der Waals surface area contributed by atoms with Crippen molar-refractivity contribution in [1.29, 1.82) is 0 Å². The van der Waals surface area contributed by atoms with Crippen LogP contribution in [0.2, 0.25) is 0 Å². The summed E-state index contributed by atoms with van der Waals surface area (Å²) in [5.74, 6) is 0.189. The first-order valence-electron chi connectivity index (χ1n) is 8.37. The maximum absolute atomic E-state index is 13.5. The summed E-state index contributed by atoms with van der Waals surface area (Å²) in [6, 6.07) is 16.0. The van der Waals surface area contributed by atoms with Crippen molar-refractivity contribution in [3.05, 3.63) is 66.0 Å². The van der Waals surface area contributed by atoms with Crippen LogP contribution in [0, 0.1) is 5.82 Å². The molecule has 0 fully saturated rings. The molecule has 0 saturated heterocycles. The standard InChI is InChI=1S/C19H18FN5OS/c1-2-25-18(14-8-4-3-5-9-14)23-24-19(25)27-13-17(26)22-21-12-15-10-6-7-11-16(15)20/h3-12H,2,13H2,1H3,(H,22,26). The highest BCUT2D eigenvalue weighted by Gasteiger charge is 2.14. The monoisotopic (exact) mass is 383 g/mol. The van der Waals surface area contributed by atoms with Crippen molar-refractivity contribution in [2.45, 2.75) is 18.6 Å². The molecule has 0 unspecified atom stereocenters. The van der Waals surface area contributed by atoms with Gasteiger partial charge in [0.2, 0.25) is 0 Å². The van der Waals surface area contributed by atoms with Crippen molar-refractivity contribution in [2.24, 2.45) is 5.10 Å². The van der Waals surface area contributed by atoms with Crippen LogP contribution in [0.1, 0.15) is 12.5 Å². The number of aromatic nitrogens is 3. The van der Waals surface area contributed by atoms with Gasteiger partial charge in [-0.15, -0.1) is 10.2 Å². The van der Waals surface area contributed by atoms with Crippen LogP contribution in [0.3, 0.4) is 0 Å². The summed E-state index contributed by atoms with van der Waals surface area (Å²) in [5, 5.41) is 12.9. The molecule has 0 spiro atoms. The summed E-state index contributed by atoms with van der Waals surface area (Å²) in [5.41, 5.74) is 3.67. The van der Waals surface area contributed by atoms with E-state index in [4.69, 9.17) is 0 Å². The van der Waals surface area contributed by atoms with E-state index in [1.165, 1.54) is 24.0 Å². The van der Waals surface area contributed by atoms with Gasteiger partial charge in [-0.25, -0.2) is 9.82 Å². The molecule has 1 N–H and O–H groups in total. The third-order valence-electron chi connectivity index (χ3n) is 3.70. The molecular formula is C19H18FN5OS. The van der Waals surface area contributed by atoms with Crippen molar-refractivity contribution in [3.8, 4) is 11.4 Å². The second kappa shape index (κ2) is 9.09. The lowest BCUT2D eigenvalue weighted by Crippen LogP contribution is -2.20. The molecular weight excluding hydrogens is 365 g/mol. The number of nitrogens with zero attached hydrogens (tertiary/aromatic N) is 4. The van der Waals surface area contributed by atoms with Crippen LogP contribution in [-0.2, 0) is 11.3 Å². The normalized spacial score (nSPS) is 11.0. The van der Waals surface area contributed by atoms with Gasteiger partial charge >= 0.3 is 0 Å². The van der Waals surface area contributed by atoms with E-state index in [0.29, 0.717) is 17.3 Å². The number of hydrazone groups is 1. The topological polar surface area (TPSA) is 72.2 Å². The fraction of sp³-hybridized carbons (Fsp3) is 0.158. The number of amides is 1. The van der Waals surface area contributed by atoms with E-state index in [1.807, 2.05) is 41.8 Å². The summed E-state index contributed by atoms with van der Waals surface area (Å²) >= 11 is 1.27. The van der Waals surface area contributed by atoms with E-state index in [1.54, 1.807) is 18.2 Å². The van der Waals surface area contributed by atoms with Gasteiger partial charge in [0.15, 0.2) is 11.0 Å². The molecule has 3 aromatic rings. The first kappa shape index (κ1) is 18.8. The Kier molecular flexibility index (Phi) is 6.32. The van der Waals surface area contributed by atoms with Gasteiger partial charge in [-0.3, -0.25) is 4.79 Å². The van der Waals surface area contributed by atoms with E-state index in [-0.39, 0.29) is 11.7 Å². The molecule has 1 aromatic heterocycles. The van der Waals surface area contributed by atoms with Gasteiger partial charge in [-0.1, -0.05) is 60.3 Å². The molecule has 0 bridgehead atoms. The first-order chi connectivity index (χ1) is 13.2. The average Bonchev–Trinajstić information content (AvgIpc) is 3.11. The summed E-state index contributed by atoms with van der Waals surface area (Å²) in [4.78, 5) is 12.0. The number of rotatable bonds is 7. The van der Waals surface area contributed by atoms with Gasteiger partial charge in [-0.05, 0) is 13.0 Å². The Balaban J connectivity index is 1.59. The molecule has 0 aliphatic carbocycles. The molecule has 3 rings (SSSR count). The summed E-state index contributed by atoms with van der Waals surface area (Å²) in [6.07, 6.45) is 1.28. The van der Waals surface area contributed by atoms with Crippen molar-refractivity contribution < 1.29 is 9.18 Å². The van der Waals surface area contributed by atoms with Crippen LogP contribution >= 0.6 is 11.8 Å². The lowest BCUT2D eigenvalue weighted by atomic mass is 10.2. The van der Waals surface area contributed by atoms with E-state index in [0.717, 1.165) is 11.4 Å². The summed E-state index contributed by atoms with van der Waals surface area (Å²) < 4.78 is 15.4. The average molecular weight is 383 g/mol. The zero-order valence-electron chi connectivity index (χ0n) is 14.7. The molecule has 8 heteroatoms. The summed E-state index contributed by atoms with van der Waals surface area (Å²) in [7, 11) is 0. The highest BCUT2D eigenvalue weighted by atomic mass is 32.2. The zero-order valence-corrected chi connectivity index (χ0v) is 15.5. The van der Waals surface area contributed by atoms with Crippen LogP contribution in [0.5, 0.6) is 0 Å². The number of carbonyl (C=O) groups excluding carboxylic acids is 1. The van der Waals surface area contributed by atoms with Gasteiger partial charge < -0.3 is 4.57 Å². The maximum atomic E-state index is 13.5. The SMILES string of the molecule is CCn1c(SCC(=O)NN=Cc2ccccc2F)nnc1-c1ccccc1. The Morgan fingerprint density at radius 1 is 1.19 bits per heavy atom. The third-order valence-corrected chi connectivity index (χ3v) is 4.66. The number of halogens is 1. The predicted octanol–water partition coefficient (Wildman–Crippen LogP) is 3.35. The number of hydrogen-bond acceptors (Lipinski definition) is 5. The smallest absolute Gasteiger partial charge is 0.250 e. The van der Waals surface area contributed by atoms with Gasteiger partial charge in [-0.2, -0.15) is 5.10 Å². The molecule has 2 aromatic carbocycles. The third kappa shape index (κ3) is 4.79. The highest BCUT2D eigenvalue weighted by molar-refractivity contribution is 7.99. The zero-order chi connectivity index (χ0) is 19.1.